The maximum Gasteiger partial charge on any atom is 0.223 e. The lowest BCUT2D eigenvalue weighted by atomic mass is 10.1. The largest absolute Gasteiger partial charge is 1.00 e. The van der Waals surface area contributed by atoms with Crippen molar-refractivity contribution in [1.29, 1.82) is 0 Å². The van der Waals surface area contributed by atoms with Gasteiger partial charge in [0.05, 0.1) is 46.2 Å². The van der Waals surface area contributed by atoms with E-state index in [-0.39, 0.29) is 29.9 Å². The van der Waals surface area contributed by atoms with E-state index in [1.807, 2.05) is 0 Å². The molecule has 2 N–H and O–H groups in total. The molecule has 5 heteroatoms. The highest BCUT2D eigenvalue weighted by Crippen LogP contribution is 2.22. The molecule has 2 rings (SSSR count). The number of benzene rings is 1. The van der Waals surface area contributed by atoms with E-state index < -0.39 is 0 Å². The second kappa shape index (κ2) is 7.26. The molecule has 0 atom stereocenters. The van der Waals surface area contributed by atoms with Crippen LogP contribution in [0.1, 0.15) is 12.0 Å². The van der Waals surface area contributed by atoms with Gasteiger partial charge in [0.2, 0.25) is 5.91 Å². The predicted molar refractivity (Wildman–Crippen MR) is 78.0 cm³/mol. The van der Waals surface area contributed by atoms with Gasteiger partial charge in [-0.2, -0.15) is 0 Å². The molecule has 0 radical (unpaired) electrons. The van der Waals surface area contributed by atoms with Crippen LogP contribution in [0.25, 0.3) is 0 Å². The van der Waals surface area contributed by atoms with Crippen molar-refractivity contribution in [1.82, 2.24) is 0 Å². The number of primary amides is 1. The smallest absolute Gasteiger partial charge is 0.223 e. The summed E-state index contributed by atoms with van der Waals surface area (Å²) in [6, 6.07) is 8.52. The molecule has 1 aliphatic rings. The number of para-hydroxylation sites is 1. The summed E-state index contributed by atoms with van der Waals surface area (Å²) in [5, 5.41) is 0. The Morgan fingerprint density at radius 1 is 1.30 bits per heavy atom. The first-order valence-corrected chi connectivity index (χ1v) is 6.93. The van der Waals surface area contributed by atoms with Gasteiger partial charge >= 0.3 is 0 Å². The number of carbonyl (C=O) groups excluding carboxylic acids is 1. The maximum absolute atomic E-state index is 10.9. The van der Waals surface area contributed by atoms with Crippen LogP contribution < -0.4 is 34.6 Å². The van der Waals surface area contributed by atoms with Gasteiger partial charge < -0.3 is 39.1 Å². The van der Waals surface area contributed by atoms with Crippen LogP contribution in [0, 0.1) is 6.92 Å². The number of hydrogen-bond acceptors (Lipinski definition) is 2. The number of rotatable bonds is 4. The van der Waals surface area contributed by atoms with Crippen molar-refractivity contribution in [2.45, 2.75) is 13.3 Å². The number of hydrogen-bond donors (Lipinski definition) is 1. The number of aryl methyl sites for hydroxylation is 1. The number of halogens is 1. The molecule has 0 spiro atoms. The Kier molecular flexibility index (Phi) is 6.26. The van der Waals surface area contributed by atoms with E-state index in [4.69, 9.17) is 5.73 Å². The highest BCUT2D eigenvalue weighted by molar-refractivity contribution is 5.73. The zero-order chi connectivity index (χ0) is 13.9. The van der Waals surface area contributed by atoms with Crippen molar-refractivity contribution in [3.8, 4) is 0 Å². The first-order chi connectivity index (χ1) is 9.00. The molecule has 1 amide bonds. The Bertz CT molecular complexity index is 456. The second-order valence-electron chi connectivity index (χ2n) is 5.78. The molecule has 0 aromatic heterocycles. The van der Waals surface area contributed by atoms with E-state index in [0.717, 1.165) is 37.2 Å². The first-order valence-electron chi connectivity index (χ1n) is 6.93. The van der Waals surface area contributed by atoms with Gasteiger partial charge in [-0.25, -0.2) is 0 Å². The molecule has 4 nitrogen and oxygen atoms in total. The zero-order valence-electron chi connectivity index (χ0n) is 12.3. The molecule has 0 bridgehead atoms. The van der Waals surface area contributed by atoms with Crippen LogP contribution in [0.5, 0.6) is 0 Å². The molecule has 0 saturated carbocycles. The van der Waals surface area contributed by atoms with Crippen LogP contribution in [-0.4, -0.2) is 50.2 Å². The number of nitrogens with zero attached hydrogens (tertiary/aromatic N) is 2. The van der Waals surface area contributed by atoms with Crippen molar-refractivity contribution >= 4 is 11.6 Å². The minimum atomic E-state index is -0.194. The van der Waals surface area contributed by atoms with Gasteiger partial charge in [-0.1, -0.05) is 18.2 Å². The van der Waals surface area contributed by atoms with Gasteiger partial charge in [0.1, 0.15) is 0 Å². The van der Waals surface area contributed by atoms with Gasteiger partial charge in [-0.05, 0) is 18.6 Å². The number of nitrogens with two attached hydrogens (primary N) is 1. The highest BCUT2D eigenvalue weighted by Gasteiger charge is 2.29. The van der Waals surface area contributed by atoms with Gasteiger partial charge in [0, 0.05) is 5.69 Å². The van der Waals surface area contributed by atoms with E-state index in [9.17, 15) is 4.79 Å². The summed E-state index contributed by atoms with van der Waals surface area (Å²) in [6.07, 6.45) is 0.487. The van der Waals surface area contributed by atoms with Gasteiger partial charge in [-0.15, -0.1) is 0 Å². The lowest BCUT2D eigenvalue weighted by molar-refractivity contribution is -0.909. The number of carbonyl (C=O) groups is 1. The predicted octanol–water partition coefficient (Wildman–Crippen LogP) is -1.86. The van der Waals surface area contributed by atoms with Crippen LogP contribution in [-0.2, 0) is 4.79 Å². The Balaban J connectivity index is 0.00000200. The lowest BCUT2D eigenvalue weighted by Crippen LogP contribution is -3.00. The van der Waals surface area contributed by atoms with Crippen molar-refractivity contribution in [3.05, 3.63) is 29.8 Å². The Hall–Kier alpha value is -0.820. The third-order valence-electron chi connectivity index (χ3n) is 4.17. The normalized spacial score (nSPS) is 17.4. The SMILES string of the molecule is Cc1ccccc1N1CC[N+](C)(CCC(N)=O)CC1.[I-]. The van der Waals surface area contributed by atoms with Crippen molar-refractivity contribution in [2.24, 2.45) is 5.73 Å². The third-order valence-corrected chi connectivity index (χ3v) is 4.17. The van der Waals surface area contributed by atoms with E-state index >= 15 is 0 Å². The van der Waals surface area contributed by atoms with Crippen LogP contribution >= 0.6 is 0 Å². The Morgan fingerprint density at radius 2 is 1.90 bits per heavy atom. The van der Waals surface area contributed by atoms with E-state index in [2.05, 4.69) is 43.1 Å². The summed E-state index contributed by atoms with van der Waals surface area (Å²) in [7, 11) is 2.22. The number of amides is 1. The summed E-state index contributed by atoms with van der Waals surface area (Å²) >= 11 is 0. The minimum Gasteiger partial charge on any atom is -1.00 e. The van der Waals surface area contributed by atoms with Crippen LogP contribution in [0.3, 0.4) is 0 Å². The third kappa shape index (κ3) is 4.34. The molecule has 1 aromatic rings. The van der Waals surface area contributed by atoms with Gasteiger partial charge in [0.25, 0.3) is 0 Å². The number of quaternary nitrogens is 1. The molecule has 1 heterocycles. The van der Waals surface area contributed by atoms with Gasteiger partial charge in [0.15, 0.2) is 0 Å². The van der Waals surface area contributed by atoms with E-state index in [0.29, 0.717) is 6.42 Å². The number of anilines is 1. The van der Waals surface area contributed by atoms with Crippen LogP contribution in [0.2, 0.25) is 0 Å². The van der Waals surface area contributed by atoms with Crippen molar-refractivity contribution in [3.63, 3.8) is 0 Å². The quantitative estimate of drug-likeness (QED) is 0.485. The molecule has 0 unspecified atom stereocenters. The monoisotopic (exact) mass is 389 g/mol. The fourth-order valence-corrected chi connectivity index (χ4v) is 2.71. The molecule has 0 aliphatic carbocycles. The van der Waals surface area contributed by atoms with Crippen molar-refractivity contribution in [2.75, 3.05) is 44.7 Å². The molecule has 112 valence electrons. The molecule has 20 heavy (non-hydrogen) atoms. The van der Waals surface area contributed by atoms with Crippen molar-refractivity contribution < 1.29 is 33.3 Å². The molecule has 1 fully saturated rings. The Morgan fingerprint density at radius 3 is 2.45 bits per heavy atom. The molecule has 1 aromatic carbocycles. The molecule has 1 saturated heterocycles. The fraction of sp³-hybridized carbons (Fsp3) is 0.533. The highest BCUT2D eigenvalue weighted by atomic mass is 127. The summed E-state index contributed by atoms with van der Waals surface area (Å²) in [5.41, 5.74) is 7.91. The fourth-order valence-electron chi connectivity index (χ4n) is 2.71. The topological polar surface area (TPSA) is 46.3 Å². The molecular formula is C15H24IN3O. The van der Waals surface area contributed by atoms with E-state index in [1.54, 1.807) is 0 Å². The molecular weight excluding hydrogens is 365 g/mol. The second-order valence-corrected chi connectivity index (χ2v) is 5.78. The zero-order valence-corrected chi connectivity index (χ0v) is 14.5. The van der Waals surface area contributed by atoms with Gasteiger partial charge in [-0.3, -0.25) is 4.79 Å². The average Bonchev–Trinajstić information content (AvgIpc) is 2.39. The standard InChI is InChI=1S/C15H23N3O.HI/c1-13-5-3-4-6-14(13)17-8-11-18(2,12-9-17)10-7-15(16)19;/h3-6H,7-12H2,1-2H3,(H-,16,19);1H. The number of likely N-dealkylation sites (N-methyl/N-ethyl adjacent to an activating group) is 1. The summed E-state index contributed by atoms with van der Waals surface area (Å²) in [6.45, 7) is 7.24. The van der Waals surface area contributed by atoms with Crippen LogP contribution in [0.15, 0.2) is 24.3 Å². The minimum absolute atomic E-state index is 0. The van der Waals surface area contributed by atoms with Crippen LogP contribution in [0.4, 0.5) is 5.69 Å². The lowest BCUT2D eigenvalue weighted by Gasteiger charge is -2.43. The van der Waals surface area contributed by atoms with E-state index in [1.165, 1.54) is 11.3 Å². The summed E-state index contributed by atoms with van der Waals surface area (Å²) < 4.78 is 0.950. The molecule has 1 aliphatic heterocycles. The first kappa shape index (κ1) is 17.2. The Labute approximate surface area is 138 Å². The average molecular weight is 389 g/mol. The summed E-state index contributed by atoms with van der Waals surface area (Å²) in [4.78, 5) is 13.4. The summed E-state index contributed by atoms with van der Waals surface area (Å²) in [5.74, 6) is -0.194. The maximum atomic E-state index is 10.9. The number of piperazine rings is 1.